The Kier molecular flexibility index (Phi) is 59.2. The molecule has 1 unspecified atom stereocenters. The second-order valence-electron chi connectivity index (χ2n) is 21.7. The van der Waals surface area contributed by atoms with Gasteiger partial charge in [-0.05, 0) is 70.6 Å². The first kappa shape index (κ1) is 69.6. The summed E-state index contributed by atoms with van der Waals surface area (Å²) in [5, 5.41) is 0. The van der Waals surface area contributed by atoms with E-state index in [-0.39, 0.29) is 31.1 Å². The highest BCUT2D eigenvalue weighted by molar-refractivity contribution is 5.71. The van der Waals surface area contributed by atoms with Crippen molar-refractivity contribution < 1.29 is 28.6 Å². The van der Waals surface area contributed by atoms with Crippen LogP contribution in [0.15, 0.2) is 36.5 Å². The van der Waals surface area contributed by atoms with Crippen LogP contribution in [0.3, 0.4) is 0 Å². The summed E-state index contributed by atoms with van der Waals surface area (Å²) in [6.45, 7) is 6.58. The van der Waals surface area contributed by atoms with Crippen molar-refractivity contribution >= 4 is 17.9 Å². The lowest BCUT2D eigenvalue weighted by atomic mass is 10.0. The van der Waals surface area contributed by atoms with Gasteiger partial charge in [0.2, 0.25) is 0 Å². The van der Waals surface area contributed by atoms with Crippen LogP contribution in [0.2, 0.25) is 0 Å². The number of ether oxygens (including phenoxy) is 3. The predicted octanol–water partition coefficient (Wildman–Crippen LogP) is 21.6. The fourth-order valence-corrected chi connectivity index (χ4v) is 9.54. The van der Waals surface area contributed by atoms with E-state index >= 15 is 0 Å². The molecule has 0 N–H and O–H groups in total. The molecule has 0 aliphatic rings. The molecule has 0 saturated carbocycles. The lowest BCUT2D eigenvalue weighted by Crippen LogP contribution is -2.30. The van der Waals surface area contributed by atoms with Gasteiger partial charge in [-0.1, -0.05) is 295 Å². The quantitative estimate of drug-likeness (QED) is 0.0261. The van der Waals surface area contributed by atoms with Crippen molar-refractivity contribution in [2.45, 2.75) is 354 Å². The minimum Gasteiger partial charge on any atom is -0.462 e. The third-order valence-corrected chi connectivity index (χ3v) is 14.3. The Morgan fingerprint density at radius 2 is 0.528 bits per heavy atom. The highest BCUT2D eigenvalue weighted by Gasteiger charge is 2.19. The van der Waals surface area contributed by atoms with Crippen LogP contribution in [0.25, 0.3) is 0 Å². The van der Waals surface area contributed by atoms with Gasteiger partial charge in [0.1, 0.15) is 13.2 Å². The molecule has 0 saturated heterocycles. The first-order chi connectivity index (χ1) is 35.5. The van der Waals surface area contributed by atoms with Crippen LogP contribution >= 0.6 is 0 Å². The Bertz CT molecular complexity index is 1210. The molecule has 0 aromatic heterocycles. The van der Waals surface area contributed by atoms with Crippen LogP contribution in [0.4, 0.5) is 0 Å². The third-order valence-electron chi connectivity index (χ3n) is 14.3. The first-order valence-electron chi connectivity index (χ1n) is 32.0. The fourth-order valence-electron chi connectivity index (χ4n) is 9.54. The Labute approximate surface area is 448 Å². The summed E-state index contributed by atoms with van der Waals surface area (Å²) in [6.07, 6.45) is 74.6. The summed E-state index contributed by atoms with van der Waals surface area (Å²) in [6, 6.07) is 0. The SMILES string of the molecule is CCC/C=C\C/C=C\CCCCCCCC(=O)OC(COC(=O)CCCCCCC/C=C\CCCCC)COC(=O)CCCCCCCCCCCCCCCCCCCCCCCCCCCCCCC. The molecule has 0 radical (unpaired) electrons. The van der Waals surface area contributed by atoms with E-state index in [0.29, 0.717) is 19.3 Å². The second-order valence-corrected chi connectivity index (χ2v) is 21.7. The number of hydrogen-bond acceptors (Lipinski definition) is 6. The number of rotatable bonds is 59. The molecule has 0 rings (SSSR count). The molecule has 0 heterocycles. The van der Waals surface area contributed by atoms with Crippen molar-refractivity contribution in [3.05, 3.63) is 36.5 Å². The molecule has 6 nitrogen and oxygen atoms in total. The zero-order valence-corrected chi connectivity index (χ0v) is 48.5. The molecule has 6 heteroatoms. The smallest absolute Gasteiger partial charge is 0.306 e. The van der Waals surface area contributed by atoms with Crippen molar-refractivity contribution in [1.29, 1.82) is 0 Å². The maximum Gasteiger partial charge on any atom is 0.306 e. The van der Waals surface area contributed by atoms with Crippen LogP contribution < -0.4 is 0 Å². The third kappa shape index (κ3) is 58.5. The Balaban J connectivity index is 4.10. The molecular formula is C66H122O6. The highest BCUT2D eigenvalue weighted by atomic mass is 16.6. The molecule has 0 spiro atoms. The molecule has 0 fully saturated rings. The average Bonchev–Trinajstić information content (AvgIpc) is 3.38. The van der Waals surface area contributed by atoms with Gasteiger partial charge in [-0.2, -0.15) is 0 Å². The van der Waals surface area contributed by atoms with Crippen LogP contribution in [0.1, 0.15) is 348 Å². The van der Waals surface area contributed by atoms with Gasteiger partial charge in [0.25, 0.3) is 0 Å². The van der Waals surface area contributed by atoms with Crippen LogP contribution in [0.5, 0.6) is 0 Å². The molecule has 0 amide bonds. The van der Waals surface area contributed by atoms with E-state index in [1.165, 1.54) is 212 Å². The molecule has 0 bridgehead atoms. The van der Waals surface area contributed by atoms with E-state index in [0.717, 1.165) is 96.3 Å². The van der Waals surface area contributed by atoms with Gasteiger partial charge in [0.05, 0.1) is 0 Å². The molecule has 0 aliphatic carbocycles. The molecular weight excluding hydrogens is 889 g/mol. The summed E-state index contributed by atoms with van der Waals surface area (Å²) >= 11 is 0. The Morgan fingerprint density at radius 3 is 0.861 bits per heavy atom. The summed E-state index contributed by atoms with van der Waals surface area (Å²) in [4.78, 5) is 38.1. The zero-order valence-electron chi connectivity index (χ0n) is 48.5. The molecule has 0 aromatic carbocycles. The van der Waals surface area contributed by atoms with Gasteiger partial charge in [-0.25, -0.2) is 0 Å². The van der Waals surface area contributed by atoms with Gasteiger partial charge in [0.15, 0.2) is 6.10 Å². The number of carbonyl (C=O) groups is 3. The number of carbonyl (C=O) groups excluding carboxylic acids is 3. The summed E-state index contributed by atoms with van der Waals surface area (Å²) < 4.78 is 16.9. The van der Waals surface area contributed by atoms with E-state index < -0.39 is 6.10 Å². The predicted molar refractivity (Wildman–Crippen MR) is 312 cm³/mol. The summed E-state index contributed by atoms with van der Waals surface area (Å²) in [5.41, 5.74) is 0. The second kappa shape index (κ2) is 61.2. The summed E-state index contributed by atoms with van der Waals surface area (Å²) in [7, 11) is 0. The normalized spacial score (nSPS) is 12.2. The van der Waals surface area contributed by atoms with Gasteiger partial charge >= 0.3 is 17.9 Å². The lowest BCUT2D eigenvalue weighted by Gasteiger charge is -2.18. The van der Waals surface area contributed by atoms with Gasteiger partial charge in [0, 0.05) is 19.3 Å². The number of unbranched alkanes of at least 4 members (excludes halogenated alkanes) is 42. The monoisotopic (exact) mass is 1010 g/mol. The Morgan fingerprint density at radius 1 is 0.278 bits per heavy atom. The van der Waals surface area contributed by atoms with Gasteiger partial charge in [-0.3, -0.25) is 14.4 Å². The van der Waals surface area contributed by atoms with Crippen LogP contribution in [0, 0.1) is 0 Å². The van der Waals surface area contributed by atoms with Gasteiger partial charge in [-0.15, -0.1) is 0 Å². The van der Waals surface area contributed by atoms with E-state index in [9.17, 15) is 14.4 Å². The molecule has 422 valence electrons. The maximum atomic E-state index is 12.8. The van der Waals surface area contributed by atoms with Crippen molar-refractivity contribution in [1.82, 2.24) is 0 Å². The van der Waals surface area contributed by atoms with E-state index in [2.05, 4.69) is 57.2 Å². The number of hydrogen-bond donors (Lipinski definition) is 0. The van der Waals surface area contributed by atoms with E-state index in [1.54, 1.807) is 0 Å². The van der Waals surface area contributed by atoms with Crippen molar-refractivity contribution in [3.8, 4) is 0 Å². The highest BCUT2D eigenvalue weighted by Crippen LogP contribution is 2.18. The number of esters is 3. The largest absolute Gasteiger partial charge is 0.462 e. The summed E-state index contributed by atoms with van der Waals surface area (Å²) in [5.74, 6) is -0.883. The van der Waals surface area contributed by atoms with E-state index in [4.69, 9.17) is 14.2 Å². The Hall–Kier alpha value is -2.37. The molecule has 72 heavy (non-hydrogen) atoms. The topological polar surface area (TPSA) is 78.9 Å². The van der Waals surface area contributed by atoms with E-state index in [1.807, 2.05) is 0 Å². The van der Waals surface area contributed by atoms with Crippen LogP contribution in [-0.4, -0.2) is 37.2 Å². The minimum absolute atomic E-state index is 0.0770. The lowest BCUT2D eigenvalue weighted by molar-refractivity contribution is -0.167. The number of allylic oxidation sites excluding steroid dienone is 6. The fraction of sp³-hybridized carbons (Fsp3) is 0.864. The van der Waals surface area contributed by atoms with Crippen molar-refractivity contribution in [3.63, 3.8) is 0 Å². The maximum absolute atomic E-state index is 12.8. The van der Waals surface area contributed by atoms with Crippen LogP contribution in [-0.2, 0) is 28.6 Å². The molecule has 0 aliphatic heterocycles. The standard InChI is InChI=1S/C66H122O6/c1-4-7-10-13-16-19-22-25-26-27-28-29-30-31-32-33-34-35-36-37-38-39-40-42-44-47-50-53-56-59-65(68)71-62-63(61-70-64(67)58-55-52-49-46-43-24-21-18-15-12-9-6-3)72-66(69)60-57-54-51-48-45-41-23-20-17-14-11-8-5-2/h11,14,18,20-21,23,63H,4-10,12-13,15-17,19,22,24-62H2,1-3H3/b14-11-,21-18-,23-20-. The van der Waals surface area contributed by atoms with Crippen molar-refractivity contribution in [2.24, 2.45) is 0 Å². The van der Waals surface area contributed by atoms with Crippen molar-refractivity contribution in [2.75, 3.05) is 13.2 Å². The molecule has 1 atom stereocenters. The zero-order chi connectivity index (χ0) is 52.2. The minimum atomic E-state index is -0.780. The molecule has 0 aromatic rings. The average molecular weight is 1010 g/mol. The first-order valence-corrected chi connectivity index (χ1v) is 32.0. The van der Waals surface area contributed by atoms with Gasteiger partial charge < -0.3 is 14.2 Å².